The van der Waals surface area contributed by atoms with E-state index in [-0.39, 0.29) is 19.5 Å². The van der Waals surface area contributed by atoms with Gasteiger partial charge in [-0.15, -0.1) is 0 Å². The Kier molecular flexibility index (Phi) is 3.86. The third kappa shape index (κ3) is 2.39. The first kappa shape index (κ1) is 14.0. The molecule has 1 radical (unpaired) electrons. The smallest absolute Gasteiger partial charge is 0 e. The molecular weight excluding hydrogens is 343 g/mol. The molecule has 0 saturated carbocycles. The molecule has 0 amide bonds. The van der Waals surface area contributed by atoms with Crippen molar-refractivity contribution in [3.63, 3.8) is 0 Å². The molecule has 0 bridgehead atoms. The van der Waals surface area contributed by atoms with Crippen LogP contribution in [-0.4, -0.2) is 0 Å². The molecule has 21 heavy (non-hydrogen) atoms. The molecule has 0 atom stereocenters. The molecule has 0 heterocycles. The summed E-state index contributed by atoms with van der Waals surface area (Å²) >= 11 is 0. The van der Waals surface area contributed by atoms with Gasteiger partial charge in [0.1, 0.15) is 0 Å². The normalized spacial score (nSPS) is 10.5. The van der Waals surface area contributed by atoms with E-state index < -0.39 is 0 Å². The number of hydrogen-bond donors (Lipinski definition) is 0. The Bertz CT molecular complexity index is 821. The van der Waals surface area contributed by atoms with Gasteiger partial charge in [0.15, 0.2) is 0 Å². The molecule has 0 nitrogen and oxygen atoms in total. The molecule has 4 aromatic rings. The Morgan fingerprint density at radius 2 is 0.762 bits per heavy atom. The van der Waals surface area contributed by atoms with Crippen LogP contribution in [0.1, 0.15) is 0 Å². The van der Waals surface area contributed by atoms with Crippen molar-refractivity contribution in [1.29, 1.82) is 0 Å². The van der Waals surface area contributed by atoms with Crippen LogP contribution in [0.3, 0.4) is 0 Å². The molecule has 0 saturated heterocycles. The molecule has 0 fully saturated rings. The summed E-state index contributed by atoms with van der Waals surface area (Å²) in [6, 6.07) is 30.2. The van der Waals surface area contributed by atoms with E-state index in [1.54, 1.807) is 0 Å². The van der Waals surface area contributed by atoms with Crippen molar-refractivity contribution in [2.24, 2.45) is 0 Å². The van der Waals surface area contributed by atoms with Gasteiger partial charge in [0.2, 0.25) is 0 Å². The molecule has 1 heteroatoms. The van der Waals surface area contributed by atoms with Gasteiger partial charge < -0.3 is 0 Å². The fourth-order valence-electron chi connectivity index (χ4n) is 2.92. The summed E-state index contributed by atoms with van der Waals surface area (Å²) in [6.45, 7) is 0. The van der Waals surface area contributed by atoms with Crippen molar-refractivity contribution in [1.82, 2.24) is 0 Å². The first-order chi connectivity index (χ1) is 9.93. The molecule has 0 aliphatic heterocycles. The Morgan fingerprint density at radius 1 is 0.381 bits per heavy atom. The number of fused-ring (bicyclic) bond motifs is 2. The van der Waals surface area contributed by atoms with E-state index in [0.717, 1.165) is 0 Å². The fraction of sp³-hybridized carbons (Fsp3) is 0. The van der Waals surface area contributed by atoms with Crippen LogP contribution in [0.2, 0.25) is 0 Å². The van der Waals surface area contributed by atoms with Crippen LogP contribution in [-0.2, 0) is 19.5 Å². The largest absolute Gasteiger partial charge is 0.0616 e. The summed E-state index contributed by atoms with van der Waals surface area (Å²) < 4.78 is 0. The zero-order chi connectivity index (χ0) is 13.4. The molecule has 0 N–H and O–H groups in total. The van der Waals surface area contributed by atoms with Crippen LogP contribution >= 0.6 is 0 Å². The van der Waals surface area contributed by atoms with E-state index in [4.69, 9.17) is 0 Å². The summed E-state index contributed by atoms with van der Waals surface area (Å²) in [5, 5.41) is 5.20. The number of benzene rings is 4. The van der Waals surface area contributed by atoms with E-state index in [1.165, 1.54) is 32.7 Å². The monoisotopic (exact) mass is 357 g/mol. The Balaban J connectivity index is 0.00000132. The van der Waals surface area contributed by atoms with Crippen molar-refractivity contribution in [2.45, 2.75) is 0 Å². The average molecular weight is 357 g/mol. The predicted molar refractivity (Wildman–Crippen MR) is 86.9 cm³/mol. The second-order valence-corrected chi connectivity index (χ2v) is 5.05. The van der Waals surface area contributed by atoms with Gasteiger partial charge in [-0.1, -0.05) is 84.9 Å². The van der Waals surface area contributed by atoms with E-state index in [2.05, 4.69) is 84.9 Å². The van der Waals surface area contributed by atoms with E-state index in [9.17, 15) is 0 Å². The minimum Gasteiger partial charge on any atom is -0.0616 e. The fourth-order valence-corrected chi connectivity index (χ4v) is 2.92. The third-order valence-electron chi connectivity index (χ3n) is 3.87. The van der Waals surface area contributed by atoms with Crippen molar-refractivity contribution in [3.05, 3.63) is 84.9 Å². The Hall–Kier alpha value is -1.98. The predicted octanol–water partition coefficient (Wildman–Crippen LogP) is 5.66. The van der Waals surface area contributed by atoms with Crippen LogP contribution in [0.15, 0.2) is 84.9 Å². The average Bonchev–Trinajstić information content (AvgIpc) is 2.54. The maximum absolute atomic E-state index is 2.21. The molecule has 4 aromatic carbocycles. The maximum Gasteiger partial charge on any atom is 0 e. The number of rotatable bonds is 1. The van der Waals surface area contributed by atoms with Gasteiger partial charge in [-0.05, 0) is 32.7 Å². The van der Waals surface area contributed by atoms with Gasteiger partial charge in [-0.2, -0.15) is 0 Å². The van der Waals surface area contributed by atoms with E-state index >= 15 is 0 Å². The quantitative estimate of drug-likeness (QED) is 0.386. The second-order valence-electron chi connectivity index (χ2n) is 5.05. The molecule has 103 valence electrons. The zero-order valence-corrected chi connectivity index (χ0v) is 13.1. The van der Waals surface area contributed by atoms with E-state index in [1.807, 2.05) is 0 Å². The minimum absolute atomic E-state index is 0. The van der Waals surface area contributed by atoms with Gasteiger partial charge in [0, 0.05) is 19.5 Å². The Morgan fingerprint density at radius 3 is 1.24 bits per heavy atom. The molecule has 0 unspecified atom stereocenters. The van der Waals surface area contributed by atoms with E-state index in [0.29, 0.717) is 0 Å². The molecule has 0 spiro atoms. The van der Waals surface area contributed by atoms with Gasteiger partial charge in [0.05, 0.1) is 0 Å². The van der Waals surface area contributed by atoms with Crippen molar-refractivity contribution >= 4 is 21.5 Å². The second kappa shape index (κ2) is 5.79. The zero-order valence-electron chi connectivity index (χ0n) is 11.4. The van der Waals surface area contributed by atoms with Crippen LogP contribution in [0, 0.1) is 0 Å². The Labute approximate surface area is 137 Å². The molecule has 0 aliphatic carbocycles. The first-order valence-corrected chi connectivity index (χ1v) is 6.89. The molecular formula is C20H14Rh. The van der Waals surface area contributed by atoms with Crippen LogP contribution in [0.4, 0.5) is 0 Å². The molecule has 0 aromatic heterocycles. The maximum atomic E-state index is 2.21. The third-order valence-corrected chi connectivity index (χ3v) is 3.87. The van der Waals surface area contributed by atoms with Crippen molar-refractivity contribution in [3.8, 4) is 11.1 Å². The SMILES string of the molecule is [Rh].c1ccc2c(-c3cccc4ccccc34)cccc2c1. The van der Waals surface area contributed by atoms with Crippen LogP contribution in [0.25, 0.3) is 32.7 Å². The topological polar surface area (TPSA) is 0 Å². The summed E-state index contributed by atoms with van der Waals surface area (Å²) in [7, 11) is 0. The summed E-state index contributed by atoms with van der Waals surface area (Å²) in [5.74, 6) is 0. The summed E-state index contributed by atoms with van der Waals surface area (Å²) in [6.07, 6.45) is 0. The minimum atomic E-state index is 0. The molecule has 0 aliphatic rings. The van der Waals surface area contributed by atoms with Crippen LogP contribution < -0.4 is 0 Å². The number of hydrogen-bond acceptors (Lipinski definition) is 0. The van der Waals surface area contributed by atoms with Gasteiger partial charge >= 0.3 is 0 Å². The van der Waals surface area contributed by atoms with Crippen LogP contribution in [0.5, 0.6) is 0 Å². The van der Waals surface area contributed by atoms with Gasteiger partial charge in [-0.3, -0.25) is 0 Å². The van der Waals surface area contributed by atoms with Crippen molar-refractivity contribution < 1.29 is 19.5 Å². The summed E-state index contributed by atoms with van der Waals surface area (Å²) in [4.78, 5) is 0. The summed E-state index contributed by atoms with van der Waals surface area (Å²) in [5.41, 5.74) is 2.61. The van der Waals surface area contributed by atoms with Crippen molar-refractivity contribution in [2.75, 3.05) is 0 Å². The van der Waals surface area contributed by atoms with Gasteiger partial charge in [0.25, 0.3) is 0 Å². The van der Waals surface area contributed by atoms with Gasteiger partial charge in [-0.25, -0.2) is 0 Å². The first-order valence-electron chi connectivity index (χ1n) is 6.89. The molecule has 4 rings (SSSR count). The standard InChI is InChI=1S/C20H14.Rh/c1-3-11-17-15(7-1)9-5-13-19(17)20-14-6-10-16-8-2-4-12-18(16)20;/h1-14H;.